The van der Waals surface area contributed by atoms with Crippen molar-refractivity contribution >= 4 is 28.5 Å². The van der Waals surface area contributed by atoms with Crippen molar-refractivity contribution in [3.8, 4) is 5.75 Å². The fraction of sp³-hybridized carbons (Fsp3) is 0.143. The van der Waals surface area contributed by atoms with Gasteiger partial charge in [-0.1, -0.05) is 36.4 Å². The summed E-state index contributed by atoms with van der Waals surface area (Å²) in [4.78, 5) is 17.4. The Balaban J connectivity index is 1.75. The summed E-state index contributed by atoms with van der Waals surface area (Å²) < 4.78 is 5.53. The lowest BCUT2D eigenvalue weighted by molar-refractivity contribution is -0.120. The fourth-order valence-corrected chi connectivity index (χ4v) is 4.00. The molecule has 1 saturated heterocycles. The van der Waals surface area contributed by atoms with E-state index in [0.717, 1.165) is 45.0 Å². The second-order valence-electron chi connectivity index (χ2n) is 6.37. The van der Waals surface area contributed by atoms with Gasteiger partial charge in [-0.05, 0) is 29.4 Å². The van der Waals surface area contributed by atoms with Gasteiger partial charge in [-0.2, -0.15) is 0 Å². The number of rotatable bonds is 2. The van der Waals surface area contributed by atoms with Crippen LogP contribution in [0.4, 0.5) is 5.69 Å². The van der Waals surface area contributed by atoms with Gasteiger partial charge in [-0.15, -0.1) is 0 Å². The van der Waals surface area contributed by atoms with Crippen molar-refractivity contribution in [2.45, 2.75) is 0 Å². The summed E-state index contributed by atoms with van der Waals surface area (Å²) in [6.45, 7) is 0.568. The number of hydrogen-bond acceptors (Lipinski definition) is 3. The molecule has 5 rings (SSSR count). The van der Waals surface area contributed by atoms with E-state index in [1.807, 2.05) is 48.5 Å². The molecule has 2 aromatic carbocycles. The second kappa shape index (κ2) is 5.18. The van der Waals surface area contributed by atoms with E-state index in [1.54, 1.807) is 7.11 Å². The predicted molar refractivity (Wildman–Crippen MR) is 97.9 cm³/mol. The molecule has 1 fully saturated rings. The standard InChI is InChI=1S/C21H16N2O2/c1-25-18-9-5-3-6-12(18)14-10-17-19(15-11-22-21(24)20(14)15)13-7-2-4-8-16(13)23-17/h2-10,20H,11H2,1H3,(H,22,24). The highest BCUT2D eigenvalue weighted by Gasteiger charge is 2.41. The molecule has 3 aliphatic rings. The minimum absolute atomic E-state index is 0.0445. The maximum absolute atomic E-state index is 12.6. The van der Waals surface area contributed by atoms with Gasteiger partial charge in [0.15, 0.2) is 0 Å². The van der Waals surface area contributed by atoms with Crippen LogP contribution in [0.2, 0.25) is 0 Å². The smallest absolute Gasteiger partial charge is 0.232 e. The Morgan fingerprint density at radius 2 is 1.84 bits per heavy atom. The lowest BCUT2D eigenvalue weighted by Gasteiger charge is -2.23. The van der Waals surface area contributed by atoms with Gasteiger partial charge in [0.1, 0.15) is 5.75 Å². The van der Waals surface area contributed by atoms with Gasteiger partial charge in [0.05, 0.1) is 24.4 Å². The van der Waals surface area contributed by atoms with Gasteiger partial charge < -0.3 is 10.1 Å². The number of para-hydroxylation sites is 2. The van der Waals surface area contributed by atoms with Gasteiger partial charge in [0, 0.05) is 23.2 Å². The first kappa shape index (κ1) is 14.2. The van der Waals surface area contributed by atoms with Gasteiger partial charge in [0.2, 0.25) is 5.91 Å². The van der Waals surface area contributed by atoms with Crippen LogP contribution in [0.5, 0.6) is 5.75 Å². The Labute approximate surface area is 145 Å². The molecule has 0 aromatic heterocycles. The topological polar surface area (TPSA) is 50.7 Å². The zero-order chi connectivity index (χ0) is 17.0. The molecule has 0 spiro atoms. The number of hydrogen-bond donors (Lipinski definition) is 1. The molecule has 1 aliphatic carbocycles. The molecule has 1 unspecified atom stereocenters. The van der Waals surface area contributed by atoms with Crippen molar-refractivity contribution in [3.05, 3.63) is 71.3 Å². The van der Waals surface area contributed by atoms with Crippen LogP contribution >= 0.6 is 0 Å². The number of amides is 1. The molecular weight excluding hydrogens is 312 g/mol. The first-order valence-electron chi connectivity index (χ1n) is 8.32. The number of nitrogens with one attached hydrogen (secondary N) is 1. The molecule has 2 aliphatic heterocycles. The largest absolute Gasteiger partial charge is 0.496 e. The molecule has 122 valence electrons. The third-order valence-corrected chi connectivity index (χ3v) is 5.08. The first-order valence-corrected chi connectivity index (χ1v) is 8.32. The molecule has 0 radical (unpaired) electrons. The third-order valence-electron chi connectivity index (χ3n) is 5.08. The highest BCUT2D eigenvalue weighted by molar-refractivity contribution is 6.38. The summed E-state index contributed by atoms with van der Waals surface area (Å²) in [5, 5.41) is 3.01. The van der Waals surface area contributed by atoms with Crippen LogP contribution in [0.15, 0.2) is 65.2 Å². The maximum atomic E-state index is 12.6. The van der Waals surface area contributed by atoms with Gasteiger partial charge in [0.25, 0.3) is 0 Å². The highest BCUT2D eigenvalue weighted by atomic mass is 16.5. The van der Waals surface area contributed by atoms with Crippen LogP contribution in [-0.2, 0) is 4.79 Å². The number of carbonyl (C=O) groups excluding carboxylic acids is 1. The Morgan fingerprint density at radius 3 is 2.68 bits per heavy atom. The number of allylic oxidation sites excluding steroid dienone is 2. The molecule has 25 heavy (non-hydrogen) atoms. The maximum Gasteiger partial charge on any atom is 0.232 e. The summed E-state index contributed by atoms with van der Waals surface area (Å²) in [6, 6.07) is 15.9. The van der Waals surface area contributed by atoms with Crippen LogP contribution in [-0.4, -0.2) is 25.3 Å². The average molecular weight is 328 g/mol. The summed E-state index contributed by atoms with van der Waals surface area (Å²) in [6.07, 6.45) is 2.05. The molecule has 0 bridgehead atoms. The molecule has 2 aromatic rings. The Bertz CT molecular complexity index is 1010. The summed E-state index contributed by atoms with van der Waals surface area (Å²) >= 11 is 0. The lowest BCUT2D eigenvalue weighted by Crippen LogP contribution is -2.22. The number of ether oxygens (including phenoxy) is 1. The van der Waals surface area contributed by atoms with Crippen LogP contribution < -0.4 is 10.1 Å². The van der Waals surface area contributed by atoms with Crippen LogP contribution in [0.3, 0.4) is 0 Å². The van der Waals surface area contributed by atoms with Crippen LogP contribution in [0, 0.1) is 5.92 Å². The molecule has 1 N–H and O–H groups in total. The Kier molecular flexibility index (Phi) is 2.95. The fourth-order valence-electron chi connectivity index (χ4n) is 4.00. The molecule has 2 heterocycles. The monoisotopic (exact) mass is 328 g/mol. The molecule has 4 nitrogen and oxygen atoms in total. The van der Waals surface area contributed by atoms with Gasteiger partial charge >= 0.3 is 0 Å². The van der Waals surface area contributed by atoms with Crippen molar-refractivity contribution in [3.63, 3.8) is 0 Å². The molecule has 1 atom stereocenters. The molecule has 4 heteroatoms. The third kappa shape index (κ3) is 1.94. The number of carbonyl (C=O) groups is 1. The first-order chi connectivity index (χ1) is 12.3. The van der Waals surface area contributed by atoms with E-state index in [4.69, 9.17) is 9.73 Å². The summed E-state index contributed by atoms with van der Waals surface area (Å²) in [5.74, 6) is 0.534. The van der Waals surface area contributed by atoms with Crippen molar-refractivity contribution < 1.29 is 9.53 Å². The van der Waals surface area contributed by atoms with E-state index in [9.17, 15) is 4.79 Å². The minimum Gasteiger partial charge on any atom is -0.496 e. The Morgan fingerprint density at radius 1 is 1.08 bits per heavy atom. The number of benzene rings is 2. The zero-order valence-corrected chi connectivity index (χ0v) is 13.7. The van der Waals surface area contributed by atoms with Gasteiger partial charge in [-0.25, -0.2) is 4.99 Å². The van der Waals surface area contributed by atoms with E-state index < -0.39 is 0 Å². The normalized spacial score (nSPS) is 20.4. The predicted octanol–water partition coefficient (Wildman–Crippen LogP) is 3.38. The molecular formula is C21H16N2O2. The number of aliphatic imine (C=N–C) groups is 1. The average Bonchev–Trinajstić information content (AvgIpc) is 3.21. The van der Waals surface area contributed by atoms with Gasteiger partial charge in [-0.3, -0.25) is 4.79 Å². The zero-order valence-electron chi connectivity index (χ0n) is 13.7. The summed E-state index contributed by atoms with van der Waals surface area (Å²) in [5.41, 5.74) is 7.14. The van der Waals surface area contributed by atoms with E-state index in [1.165, 1.54) is 0 Å². The molecule has 1 amide bonds. The lowest BCUT2D eigenvalue weighted by atomic mass is 9.78. The highest BCUT2D eigenvalue weighted by Crippen LogP contribution is 2.47. The quantitative estimate of drug-likeness (QED) is 0.919. The van der Waals surface area contributed by atoms with Crippen molar-refractivity contribution in [2.75, 3.05) is 13.7 Å². The van der Waals surface area contributed by atoms with E-state index in [-0.39, 0.29) is 11.8 Å². The minimum atomic E-state index is -0.281. The van der Waals surface area contributed by atoms with E-state index >= 15 is 0 Å². The van der Waals surface area contributed by atoms with Crippen LogP contribution in [0.1, 0.15) is 11.1 Å². The number of methoxy groups -OCH3 is 1. The van der Waals surface area contributed by atoms with E-state index in [0.29, 0.717) is 6.54 Å². The molecule has 0 saturated carbocycles. The van der Waals surface area contributed by atoms with Crippen molar-refractivity contribution in [2.24, 2.45) is 10.9 Å². The van der Waals surface area contributed by atoms with E-state index in [2.05, 4.69) is 11.4 Å². The second-order valence-corrected chi connectivity index (χ2v) is 6.37. The summed E-state index contributed by atoms with van der Waals surface area (Å²) in [7, 11) is 1.65. The SMILES string of the molecule is COc1ccccc1C1=CC2=Nc3ccccc3C2=C2CNC(=O)C12. The van der Waals surface area contributed by atoms with Crippen molar-refractivity contribution in [1.29, 1.82) is 0 Å². The number of nitrogens with zero attached hydrogens (tertiary/aromatic N) is 1. The number of fused-ring (bicyclic) bond motifs is 4. The Hall–Kier alpha value is -3.14. The van der Waals surface area contributed by atoms with Crippen molar-refractivity contribution in [1.82, 2.24) is 5.32 Å². The van der Waals surface area contributed by atoms with Crippen LogP contribution in [0.25, 0.3) is 11.1 Å².